The lowest BCUT2D eigenvalue weighted by Crippen LogP contribution is -2.20. The normalized spacial score (nSPS) is 11.3. The molecule has 3 heterocycles. The third-order valence-corrected chi connectivity index (χ3v) is 4.73. The second-order valence-electron chi connectivity index (χ2n) is 5.52. The Morgan fingerprint density at radius 1 is 1.08 bits per heavy atom. The zero-order valence-electron chi connectivity index (χ0n) is 13.5. The Hall–Kier alpha value is -2.93. The molecule has 0 fully saturated rings. The molecule has 0 spiro atoms. The van der Waals surface area contributed by atoms with Gasteiger partial charge in [0.05, 0.1) is 16.6 Å². The van der Waals surface area contributed by atoms with Gasteiger partial charge in [0.2, 0.25) is 0 Å². The Labute approximate surface area is 146 Å². The van der Waals surface area contributed by atoms with Crippen molar-refractivity contribution in [2.75, 3.05) is 6.26 Å². The first-order valence-corrected chi connectivity index (χ1v) is 8.76. The number of thioether (sulfide) groups is 1. The molecule has 25 heavy (non-hydrogen) atoms. The molecule has 4 aromatic rings. The van der Waals surface area contributed by atoms with Crippen LogP contribution in [0.15, 0.2) is 61.6 Å². The quantitative estimate of drug-likeness (QED) is 0.314. The average Bonchev–Trinajstić information content (AvgIpc) is 2.63. The van der Waals surface area contributed by atoms with Crippen LogP contribution in [-0.4, -0.2) is 20.8 Å². The van der Waals surface area contributed by atoms with Crippen molar-refractivity contribution >= 4 is 33.8 Å². The van der Waals surface area contributed by atoms with Crippen molar-refractivity contribution in [2.24, 2.45) is 7.05 Å². The van der Waals surface area contributed by atoms with Crippen LogP contribution >= 0.6 is 11.8 Å². The SMILES string of the molecule is CSc1nc2nc(-c3cc4ccccc4oc3=O)ccc2c(=O)n1C. The molecule has 6 nitrogen and oxygen atoms in total. The molecule has 0 saturated carbocycles. The van der Waals surface area contributed by atoms with E-state index in [4.69, 9.17) is 4.42 Å². The van der Waals surface area contributed by atoms with Crippen molar-refractivity contribution in [3.05, 3.63) is 63.2 Å². The molecule has 0 unspecified atom stereocenters. The third-order valence-electron chi connectivity index (χ3n) is 4.00. The molecule has 0 saturated heterocycles. The molecular formula is C18H13N3O3S. The Morgan fingerprint density at radius 3 is 2.68 bits per heavy atom. The molecule has 1 aromatic carbocycles. The number of pyridine rings is 1. The molecule has 0 aliphatic rings. The van der Waals surface area contributed by atoms with E-state index in [0.717, 1.165) is 5.39 Å². The molecular weight excluding hydrogens is 338 g/mol. The van der Waals surface area contributed by atoms with Crippen molar-refractivity contribution in [2.45, 2.75) is 5.16 Å². The number of hydrogen-bond donors (Lipinski definition) is 0. The van der Waals surface area contributed by atoms with E-state index >= 15 is 0 Å². The van der Waals surface area contributed by atoms with Gasteiger partial charge in [-0.25, -0.2) is 14.8 Å². The van der Waals surface area contributed by atoms with Crippen LogP contribution in [0.2, 0.25) is 0 Å². The van der Waals surface area contributed by atoms with Gasteiger partial charge in [-0.15, -0.1) is 0 Å². The van der Waals surface area contributed by atoms with Crippen LogP contribution in [0.25, 0.3) is 33.3 Å². The Morgan fingerprint density at radius 2 is 1.88 bits per heavy atom. The number of aromatic nitrogens is 3. The summed E-state index contributed by atoms with van der Waals surface area (Å²) in [6.07, 6.45) is 1.84. The highest BCUT2D eigenvalue weighted by molar-refractivity contribution is 7.98. The molecule has 0 atom stereocenters. The first-order valence-electron chi connectivity index (χ1n) is 7.53. The molecule has 3 aromatic heterocycles. The van der Waals surface area contributed by atoms with Gasteiger partial charge in [-0.2, -0.15) is 0 Å². The lowest BCUT2D eigenvalue weighted by molar-refractivity contribution is 0.563. The highest BCUT2D eigenvalue weighted by atomic mass is 32.2. The highest BCUT2D eigenvalue weighted by Gasteiger charge is 2.13. The summed E-state index contributed by atoms with van der Waals surface area (Å²) in [7, 11) is 1.67. The molecule has 0 aliphatic heterocycles. The second kappa shape index (κ2) is 5.86. The maximum Gasteiger partial charge on any atom is 0.345 e. The van der Waals surface area contributed by atoms with E-state index in [-0.39, 0.29) is 5.56 Å². The fourth-order valence-electron chi connectivity index (χ4n) is 2.71. The van der Waals surface area contributed by atoms with Gasteiger partial charge < -0.3 is 4.42 Å². The summed E-state index contributed by atoms with van der Waals surface area (Å²) >= 11 is 1.36. The van der Waals surface area contributed by atoms with Crippen LogP contribution in [0, 0.1) is 0 Å². The lowest BCUT2D eigenvalue weighted by atomic mass is 10.1. The number of rotatable bonds is 2. The molecule has 0 radical (unpaired) electrons. The zero-order chi connectivity index (χ0) is 17.6. The topological polar surface area (TPSA) is 78.0 Å². The van der Waals surface area contributed by atoms with Crippen molar-refractivity contribution in [1.82, 2.24) is 14.5 Å². The van der Waals surface area contributed by atoms with Crippen LogP contribution < -0.4 is 11.2 Å². The van der Waals surface area contributed by atoms with Crippen LogP contribution in [-0.2, 0) is 7.05 Å². The molecule has 0 amide bonds. The standard InChI is InChI=1S/C18H13N3O3S/c1-21-16(22)11-7-8-13(19-15(11)20-18(21)25-2)12-9-10-5-3-4-6-14(10)24-17(12)23/h3-9H,1-2H3. The van der Waals surface area contributed by atoms with E-state index in [1.54, 1.807) is 31.3 Å². The van der Waals surface area contributed by atoms with E-state index < -0.39 is 5.63 Å². The number of fused-ring (bicyclic) bond motifs is 2. The van der Waals surface area contributed by atoms with Crippen molar-refractivity contribution in [3.63, 3.8) is 0 Å². The van der Waals surface area contributed by atoms with Gasteiger partial charge in [0.1, 0.15) is 5.58 Å². The summed E-state index contributed by atoms with van der Waals surface area (Å²) in [6, 6.07) is 12.3. The summed E-state index contributed by atoms with van der Waals surface area (Å²) in [5.74, 6) is 0. The van der Waals surface area contributed by atoms with Crippen molar-refractivity contribution in [1.29, 1.82) is 0 Å². The number of hydrogen-bond acceptors (Lipinski definition) is 6. The van der Waals surface area contributed by atoms with Gasteiger partial charge >= 0.3 is 5.63 Å². The van der Waals surface area contributed by atoms with E-state index in [0.29, 0.717) is 33.0 Å². The minimum atomic E-state index is -0.473. The van der Waals surface area contributed by atoms with Gasteiger partial charge in [-0.3, -0.25) is 9.36 Å². The molecule has 0 bridgehead atoms. The predicted molar refractivity (Wildman–Crippen MR) is 98.0 cm³/mol. The number of nitrogens with zero attached hydrogens (tertiary/aromatic N) is 3. The number of para-hydroxylation sites is 1. The molecule has 4 rings (SSSR count). The summed E-state index contributed by atoms with van der Waals surface area (Å²) in [6.45, 7) is 0. The van der Waals surface area contributed by atoms with Gasteiger partial charge in [0, 0.05) is 12.4 Å². The fraction of sp³-hybridized carbons (Fsp3) is 0.111. The zero-order valence-corrected chi connectivity index (χ0v) is 14.3. The molecule has 0 N–H and O–H groups in total. The summed E-state index contributed by atoms with van der Waals surface area (Å²) in [5, 5.41) is 1.78. The van der Waals surface area contributed by atoms with E-state index in [1.165, 1.54) is 16.3 Å². The number of benzene rings is 1. The molecule has 0 aliphatic carbocycles. The monoisotopic (exact) mass is 351 g/mol. The largest absolute Gasteiger partial charge is 0.422 e. The first kappa shape index (κ1) is 15.6. The molecule has 124 valence electrons. The van der Waals surface area contributed by atoms with E-state index in [9.17, 15) is 9.59 Å². The minimum absolute atomic E-state index is 0.168. The van der Waals surface area contributed by atoms with Gasteiger partial charge in [0.25, 0.3) is 5.56 Å². The van der Waals surface area contributed by atoms with Crippen LogP contribution in [0.5, 0.6) is 0 Å². The van der Waals surface area contributed by atoms with E-state index in [2.05, 4.69) is 9.97 Å². The van der Waals surface area contributed by atoms with Crippen molar-refractivity contribution in [3.8, 4) is 11.3 Å². The van der Waals surface area contributed by atoms with Crippen molar-refractivity contribution < 1.29 is 4.42 Å². The second-order valence-corrected chi connectivity index (χ2v) is 6.29. The maximum absolute atomic E-state index is 12.4. The maximum atomic E-state index is 12.4. The van der Waals surface area contributed by atoms with E-state index in [1.807, 2.05) is 24.5 Å². The first-order chi connectivity index (χ1) is 12.1. The summed E-state index contributed by atoms with van der Waals surface area (Å²) in [5.41, 5.74) is 0.971. The van der Waals surface area contributed by atoms with Crippen LogP contribution in [0.4, 0.5) is 0 Å². The van der Waals surface area contributed by atoms with Gasteiger partial charge in [-0.1, -0.05) is 30.0 Å². The Bertz CT molecular complexity index is 1240. The van der Waals surface area contributed by atoms with Gasteiger partial charge in [-0.05, 0) is 30.5 Å². The van der Waals surface area contributed by atoms with Crippen LogP contribution in [0.1, 0.15) is 0 Å². The average molecular weight is 351 g/mol. The predicted octanol–water partition coefficient (Wildman–Crippen LogP) is 2.82. The lowest BCUT2D eigenvalue weighted by Gasteiger charge is -2.07. The fourth-order valence-corrected chi connectivity index (χ4v) is 3.24. The Kier molecular flexibility index (Phi) is 3.65. The smallest absolute Gasteiger partial charge is 0.345 e. The highest BCUT2D eigenvalue weighted by Crippen LogP contribution is 2.21. The van der Waals surface area contributed by atoms with Crippen LogP contribution in [0.3, 0.4) is 0 Å². The summed E-state index contributed by atoms with van der Waals surface area (Å²) < 4.78 is 6.85. The minimum Gasteiger partial charge on any atom is -0.422 e. The Balaban J connectivity index is 1.99. The van der Waals surface area contributed by atoms with Gasteiger partial charge in [0.15, 0.2) is 10.8 Å². The molecule has 7 heteroatoms. The summed E-state index contributed by atoms with van der Waals surface area (Å²) in [4.78, 5) is 33.5. The third kappa shape index (κ3) is 2.53.